The smallest absolute Gasteiger partial charge is 0.329 e. The maximum absolute atomic E-state index is 12.4. The lowest BCUT2D eigenvalue weighted by Crippen LogP contribution is -2.31. The zero-order chi connectivity index (χ0) is 17.1. The van der Waals surface area contributed by atoms with Crippen LogP contribution in [-0.4, -0.2) is 28.3 Å². The van der Waals surface area contributed by atoms with Crippen molar-refractivity contribution >= 4 is 22.6 Å². The molecule has 124 valence electrons. The van der Waals surface area contributed by atoms with Crippen molar-refractivity contribution in [2.75, 3.05) is 13.7 Å². The highest BCUT2D eigenvalue weighted by Crippen LogP contribution is 2.25. The third-order valence-electron chi connectivity index (χ3n) is 3.76. The summed E-state index contributed by atoms with van der Waals surface area (Å²) in [6.07, 6.45) is 2.24. The molecule has 1 N–H and O–H groups in total. The Hall–Kier alpha value is -2.44. The highest BCUT2D eigenvalue weighted by molar-refractivity contribution is 6.30. The molecule has 0 aliphatic rings. The molecule has 0 atom stereocenters. The minimum Gasteiger partial charge on any atom is -0.385 e. The number of H-pyrrole nitrogens is 1. The van der Waals surface area contributed by atoms with Gasteiger partial charge < -0.3 is 4.74 Å². The van der Waals surface area contributed by atoms with E-state index in [1.807, 2.05) is 12.1 Å². The van der Waals surface area contributed by atoms with Crippen molar-refractivity contribution < 1.29 is 4.74 Å². The van der Waals surface area contributed by atoms with Crippen molar-refractivity contribution in [1.29, 1.82) is 0 Å². The number of rotatable bonds is 5. The average molecular weight is 346 g/mol. The summed E-state index contributed by atoms with van der Waals surface area (Å²) in [5.41, 5.74) is 0.991. The molecule has 2 aromatic heterocycles. The van der Waals surface area contributed by atoms with E-state index in [1.54, 1.807) is 31.5 Å². The lowest BCUT2D eigenvalue weighted by atomic mass is 10.0. The fraction of sp³-hybridized carbons (Fsp3) is 0.235. The van der Waals surface area contributed by atoms with Gasteiger partial charge in [-0.1, -0.05) is 23.7 Å². The summed E-state index contributed by atoms with van der Waals surface area (Å²) in [5, 5.41) is 0.999. The van der Waals surface area contributed by atoms with E-state index in [9.17, 15) is 9.59 Å². The van der Waals surface area contributed by atoms with Crippen LogP contribution in [0.1, 0.15) is 6.42 Å². The molecule has 0 fully saturated rings. The predicted molar refractivity (Wildman–Crippen MR) is 93.6 cm³/mol. The van der Waals surface area contributed by atoms with E-state index in [0.29, 0.717) is 41.2 Å². The van der Waals surface area contributed by atoms with Gasteiger partial charge in [-0.05, 0) is 35.7 Å². The molecule has 0 aliphatic heterocycles. The third-order valence-corrected chi connectivity index (χ3v) is 4.02. The highest BCUT2D eigenvalue weighted by Gasteiger charge is 2.13. The standard InChI is InChI=1S/C17H16ClN3O3/c1-24-10-2-9-21-15-14(16(22)20-17(21)23)13(7-8-19-15)11-3-5-12(18)6-4-11/h3-8H,2,9-10H2,1H3,(H,20,22,23). The first-order chi connectivity index (χ1) is 11.6. The fourth-order valence-corrected chi connectivity index (χ4v) is 2.77. The largest absolute Gasteiger partial charge is 0.385 e. The Morgan fingerprint density at radius 3 is 2.67 bits per heavy atom. The van der Waals surface area contributed by atoms with E-state index in [1.165, 1.54) is 4.57 Å². The highest BCUT2D eigenvalue weighted by atomic mass is 35.5. The summed E-state index contributed by atoms with van der Waals surface area (Å²) in [5.74, 6) is 0. The number of halogens is 1. The molecule has 0 radical (unpaired) electrons. The molecule has 24 heavy (non-hydrogen) atoms. The van der Waals surface area contributed by atoms with Gasteiger partial charge in [0.05, 0.1) is 5.39 Å². The second-order valence-electron chi connectivity index (χ2n) is 5.32. The number of hydrogen-bond donors (Lipinski definition) is 1. The Morgan fingerprint density at radius 2 is 1.96 bits per heavy atom. The van der Waals surface area contributed by atoms with Crippen molar-refractivity contribution in [3.8, 4) is 11.1 Å². The number of hydrogen-bond acceptors (Lipinski definition) is 4. The van der Waals surface area contributed by atoms with Gasteiger partial charge in [0, 0.05) is 31.5 Å². The van der Waals surface area contributed by atoms with Crippen LogP contribution in [0.3, 0.4) is 0 Å². The summed E-state index contributed by atoms with van der Waals surface area (Å²) in [7, 11) is 1.60. The first-order valence-corrected chi connectivity index (χ1v) is 7.86. The summed E-state index contributed by atoms with van der Waals surface area (Å²) in [6.45, 7) is 0.932. The van der Waals surface area contributed by atoms with Gasteiger partial charge in [-0.25, -0.2) is 9.78 Å². The van der Waals surface area contributed by atoms with E-state index in [0.717, 1.165) is 5.56 Å². The SMILES string of the molecule is COCCCn1c(=O)[nH]c(=O)c2c(-c3ccc(Cl)cc3)ccnc21. The van der Waals surface area contributed by atoms with Gasteiger partial charge >= 0.3 is 5.69 Å². The van der Waals surface area contributed by atoms with E-state index in [2.05, 4.69) is 9.97 Å². The molecule has 3 rings (SSSR count). The molecule has 0 unspecified atom stereocenters. The van der Waals surface area contributed by atoms with Crippen LogP contribution in [0, 0.1) is 0 Å². The quantitative estimate of drug-likeness (QED) is 0.720. The van der Waals surface area contributed by atoms with Gasteiger partial charge in [0.25, 0.3) is 5.56 Å². The van der Waals surface area contributed by atoms with Crippen LogP contribution in [0.25, 0.3) is 22.2 Å². The van der Waals surface area contributed by atoms with E-state index < -0.39 is 11.2 Å². The van der Waals surface area contributed by atoms with Crippen molar-refractivity contribution in [1.82, 2.24) is 14.5 Å². The second kappa shape index (κ2) is 6.98. The monoisotopic (exact) mass is 345 g/mol. The summed E-state index contributed by atoms with van der Waals surface area (Å²) < 4.78 is 6.49. The van der Waals surface area contributed by atoms with Gasteiger partial charge in [0.1, 0.15) is 5.65 Å². The molecule has 0 saturated heterocycles. The first-order valence-electron chi connectivity index (χ1n) is 7.48. The Morgan fingerprint density at radius 1 is 1.21 bits per heavy atom. The zero-order valence-corrected chi connectivity index (χ0v) is 13.8. The molecule has 0 amide bonds. The minimum atomic E-state index is -0.468. The maximum atomic E-state index is 12.4. The molecule has 6 nitrogen and oxygen atoms in total. The van der Waals surface area contributed by atoms with Crippen LogP contribution >= 0.6 is 11.6 Å². The summed E-state index contributed by atoms with van der Waals surface area (Å²) in [6, 6.07) is 8.93. The molecule has 3 aromatic rings. The third kappa shape index (κ3) is 3.11. The number of nitrogens with one attached hydrogen (secondary N) is 1. The van der Waals surface area contributed by atoms with Crippen LogP contribution in [-0.2, 0) is 11.3 Å². The molecule has 2 heterocycles. The molecule has 0 bridgehead atoms. The Kier molecular flexibility index (Phi) is 4.78. The average Bonchev–Trinajstić information content (AvgIpc) is 2.58. The van der Waals surface area contributed by atoms with E-state index in [-0.39, 0.29) is 0 Å². The maximum Gasteiger partial charge on any atom is 0.329 e. The van der Waals surface area contributed by atoms with Gasteiger partial charge in [0.15, 0.2) is 0 Å². The van der Waals surface area contributed by atoms with Crippen molar-refractivity contribution in [2.45, 2.75) is 13.0 Å². The molecule has 0 spiro atoms. The molecule has 1 aromatic carbocycles. The number of aromatic nitrogens is 3. The number of nitrogens with zero attached hydrogens (tertiary/aromatic N) is 2. The number of aromatic amines is 1. The molecule has 7 heteroatoms. The molecule has 0 saturated carbocycles. The lowest BCUT2D eigenvalue weighted by molar-refractivity contribution is 0.190. The Balaban J connectivity index is 2.22. The molecular formula is C17H16ClN3O3. The predicted octanol–water partition coefficient (Wildman–Crippen LogP) is 2.44. The topological polar surface area (TPSA) is 77.0 Å². The Labute approximate surface area is 142 Å². The number of aryl methyl sites for hydroxylation is 1. The lowest BCUT2D eigenvalue weighted by Gasteiger charge is -2.11. The number of pyridine rings is 1. The van der Waals surface area contributed by atoms with E-state index in [4.69, 9.17) is 16.3 Å². The number of ether oxygens (including phenoxy) is 1. The Bertz CT molecular complexity index is 977. The zero-order valence-electron chi connectivity index (χ0n) is 13.1. The van der Waals surface area contributed by atoms with E-state index >= 15 is 0 Å². The molecule has 0 aliphatic carbocycles. The fourth-order valence-electron chi connectivity index (χ4n) is 2.65. The second-order valence-corrected chi connectivity index (χ2v) is 5.76. The van der Waals surface area contributed by atoms with Gasteiger partial charge in [-0.3, -0.25) is 14.3 Å². The number of benzene rings is 1. The molecular weight excluding hydrogens is 330 g/mol. The van der Waals surface area contributed by atoms with Crippen molar-refractivity contribution in [3.63, 3.8) is 0 Å². The van der Waals surface area contributed by atoms with Crippen LogP contribution in [0.4, 0.5) is 0 Å². The van der Waals surface area contributed by atoms with Gasteiger partial charge in [-0.2, -0.15) is 0 Å². The van der Waals surface area contributed by atoms with Gasteiger partial charge in [0.2, 0.25) is 0 Å². The minimum absolute atomic E-state index is 0.368. The van der Waals surface area contributed by atoms with Crippen LogP contribution < -0.4 is 11.2 Å². The summed E-state index contributed by atoms with van der Waals surface area (Å²) >= 11 is 5.93. The van der Waals surface area contributed by atoms with Crippen molar-refractivity contribution in [3.05, 3.63) is 62.4 Å². The van der Waals surface area contributed by atoms with Crippen LogP contribution in [0.2, 0.25) is 5.02 Å². The van der Waals surface area contributed by atoms with Crippen molar-refractivity contribution in [2.24, 2.45) is 0 Å². The van der Waals surface area contributed by atoms with Gasteiger partial charge in [-0.15, -0.1) is 0 Å². The summed E-state index contributed by atoms with van der Waals surface area (Å²) in [4.78, 5) is 31.2. The normalized spacial score (nSPS) is 11.1. The van der Waals surface area contributed by atoms with Crippen LogP contribution in [0.15, 0.2) is 46.1 Å². The first kappa shape index (κ1) is 16.4. The number of fused-ring (bicyclic) bond motifs is 1. The number of methoxy groups -OCH3 is 1. The van der Waals surface area contributed by atoms with Crippen LogP contribution in [0.5, 0.6) is 0 Å².